The van der Waals surface area contributed by atoms with E-state index in [1.165, 1.54) is 6.20 Å². The zero-order valence-corrected chi connectivity index (χ0v) is 15.1. The van der Waals surface area contributed by atoms with Crippen molar-refractivity contribution in [3.63, 3.8) is 0 Å². The Labute approximate surface area is 144 Å². The van der Waals surface area contributed by atoms with E-state index in [1.54, 1.807) is 30.5 Å². The summed E-state index contributed by atoms with van der Waals surface area (Å²) in [6.07, 6.45) is 4.93. The minimum Gasteiger partial charge on any atom is -0.492 e. The number of unbranched alkanes of at least 4 members (excludes halogenated alkanes) is 1. The number of benzene rings is 1. The number of aromatic nitrogens is 1. The van der Waals surface area contributed by atoms with E-state index in [0.29, 0.717) is 18.0 Å². The Kier molecular flexibility index (Phi) is 6.20. The molecule has 0 saturated carbocycles. The van der Waals surface area contributed by atoms with Crippen LogP contribution in [0, 0.1) is 0 Å². The Morgan fingerprint density at radius 1 is 1.25 bits per heavy atom. The molecule has 0 radical (unpaired) electrons. The molecule has 0 bridgehead atoms. The summed E-state index contributed by atoms with van der Waals surface area (Å²) in [6.45, 7) is 6.61. The molecule has 0 fully saturated rings. The van der Waals surface area contributed by atoms with Crippen molar-refractivity contribution in [3.8, 4) is 5.75 Å². The van der Waals surface area contributed by atoms with Crippen LogP contribution >= 0.6 is 0 Å². The van der Waals surface area contributed by atoms with Crippen molar-refractivity contribution in [1.29, 1.82) is 0 Å². The third-order valence-electron chi connectivity index (χ3n) is 3.59. The van der Waals surface area contributed by atoms with Crippen molar-refractivity contribution in [1.82, 2.24) is 4.98 Å². The van der Waals surface area contributed by atoms with Gasteiger partial charge in [0.1, 0.15) is 10.6 Å². The lowest BCUT2D eigenvalue weighted by Gasteiger charge is -2.15. The molecule has 0 atom stereocenters. The molecule has 2 aromatic rings. The molecule has 1 N–H and O–H groups in total. The summed E-state index contributed by atoms with van der Waals surface area (Å²) >= 11 is 0. The molecule has 0 aliphatic carbocycles. The zero-order chi connectivity index (χ0) is 17.6. The summed E-state index contributed by atoms with van der Waals surface area (Å²) in [5.41, 5.74) is 1.37. The number of hydrogen-bond donors (Lipinski definition) is 1. The first kappa shape index (κ1) is 18.3. The topological polar surface area (TPSA) is 68.3 Å². The summed E-state index contributed by atoms with van der Waals surface area (Å²) in [7, 11) is -3.75. The van der Waals surface area contributed by atoms with Gasteiger partial charge < -0.3 is 4.74 Å². The fraction of sp³-hybridized carbons (Fsp3) is 0.389. The van der Waals surface area contributed by atoms with Crippen LogP contribution in [0.2, 0.25) is 0 Å². The van der Waals surface area contributed by atoms with Gasteiger partial charge >= 0.3 is 0 Å². The monoisotopic (exact) mass is 348 g/mol. The quantitative estimate of drug-likeness (QED) is 0.727. The predicted molar refractivity (Wildman–Crippen MR) is 96.0 cm³/mol. The van der Waals surface area contributed by atoms with Crippen molar-refractivity contribution >= 4 is 15.7 Å². The van der Waals surface area contributed by atoms with E-state index in [1.807, 2.05) is 19.9 Å². The molecule has 5 nitrogen and oxygen atoms in total. The summed E-state index contributed by atoms with van der Waals surface area (Å²) in [5, 5.41) is 0. The lowest BCUT2D eigenvalue weighted by atomic mass is 10.0. The molecule has 6 heteroatoms. The Hall–Kier alpha value is -2.08. The summed E-state index contributed by atoms with van der Waals surface area (Å²) in [4.78, 5) is 4.09. The van der Waals surface area contributed by atoms with Gasteiger partial charge in [-0.2, -0.15) is 0 Å². The molecule has 24 heavy (non-hydrogen) atoms. The minimum absolute atomic E-state index is 0.161. The highest BCUT2D eigenvalue weighted by atomic mass is 32.2. The lowest BCUT2D eigenvalue weighted by molar-refractivity contribution is 0.301. The van der Waals surface area contributed by atoms with Crippen molar-refractivity contribution in [2.24, 2.45) is 0 Å². The molecule has 1 aromatic heterocycles. The second-order valence-corrected chi connectivity index (χ2v) is 7.56. The van der Waals surface area contributed by atoms with Crippen molar-refractivity contribution in [2.75, 3.05) is 11.3 Å². The maximum atomic E-state index is 12.8. The highest BCUT2D eigenvalue weighted by molar-refractivity contribution is 7.92. The van der Waals surface area contributed by atoms with Gasteiger partial charge in [-0.05, 0) is 42.2 Å². The van der Waals surface area contributed by atoms with Gasteiger partial charge in [0.25, 0.3) is 10.0 Å². The van der Waals surface area contributed by atoms with Crippen LogP contribution in [0.4, 0.5) is 5.69 Å². The normalized spacial score (nSPS) is 11.5. The molecule has 0 aliphatic rings. The van der Waals surface area contributed by atoms with Gasteiger partial charge in [-0.1, -0.05) is 33.3 Å². The molecule has 1 heterocycles. The number of rotatable bonds is 8. The van der Waals surface area contributed by atoms with E-state index < -0.39 is 10.0 Å². The number of nitrogens with one attached hydrogen (secondary N) is 1. The van der Waals surface area contributed by atoms with Gasteiger partial charge in [0.2, 0.25) is 0 Å². The third-order valence-corrected chi connectivity index (χ3v) is 5.00. The van der Waals surface area contributed by atoms with Crippen molar-refractivity contribution in [2.45, 2.75) is 44.4 Å². The van der Waals surface area contributed by atoms with E-state index in [4.69, 9.17) is 4.74 Å². The molecule has 0 amide bonds. The molecule has 0 unspecified atom stereocenters. The fourth-order valence-corrected chi connectivity index (χ4v) is 3.40. The van der Waals surface area contributed by atoms with Crippen LogP contribution in [-0.4, -0.2) is 20.0 Å². The predicted octanol–water partition coefficient (Wildman–Crippen LogP) is 4.18. The molecular weight excluding hydrogens is 324 g/mol. The van der Waals surface area contributed by atoms with Gasteiger partial charge in [0, 0.05) is 6.20 Å². The van der Waals surface area contributed by atoms with Crippen LogP contribution < -0.4 is 9.46 Å². The maximum absolute atomic E-state index is 12.8. The van der Waals surface area contributed by atoms with Crippen LogP contribution in [0.1, 0.15) is 45.1 Å². The van der Waals surface area contributed by atoms with Gasteiger partial charge in [-0.25, -0.2) is 8.42 Å². The number of anilines is 1. The van der Waals surface area contributed by atoms with Crippen LogP contribution in [0.5, 0.6) is 5.75 Å². The van der Waals surface area contributed by atoms with Crippen LogP contribution in [0.25, 0.3) is 0 Å². The molecule has 0 saturated heterocycles. The smallest absolute Gasteiger partial charge is 0.265 e. The fourth-order valence-electron chi connectivity index (χ4n) is 2.17. The zero-order valence-electron chi connectivity index (χ0n) is 14.3. The van der Waals surface area contributed by atoms with Gasteiger partial charge in [-0.15, -0.1) is 0 Å². The molecule has 0 spiro atoms. The number of ether oxygens (including phenoxy) is 1. The summed E-state index contributed by atoms with van der Waals surface area (Å²) < 4.78 is 33.9. The molecule has 1 aromatic carbocycles. The minimum atomic E-state index is -3.75. The summed E-state index contributed by atoms with van der Waals surface area (Å²) in [5.74, 6) is 0.603. The van der Waals surface area contributed by atoms with E-state index in [0.717, 1.165) is 18.4 Å². The SMILES string of the molecule is CCCCOc1ccc(C(C)C)cc1S(=O)(=O)Nc1cccnc1. The van der Waals surface area contributed by atoms with Gasteiger partial charge in [0.05, 0.1) is 18.5 Å². The molecule has 0 aliphatic heterocycles. The Bertz CT molecular complexity index is 759. The standard InChI is InChI=1S/C18H24N2O3S/c1-4-5-11-23-17-9-8-15(14(2)3)12-18(17)24(21,22)20-16-7-6-10-19-13-16/h6-10,12-14,20H,4-5,11H2,1-3H3. The maximum Gasteiger partial charge on any atom is 0.265 e. The number of hydrogen-bond acceptors (Lipinski definition) is 4. The van der Waals surface area contributed by atoms with E-state index in [9.17, 15) is 8.42 Å². The van der Waals surface area contributed by atoms with E-state index in [2.05, 4.69) is 16.6 Å². The number of sulfonamides is 1. The summed E-state index contributed by atoms with van der Waals surface area (Å²) in [6, 6.07) is 8.68. The second kappa shape index (κ2) is 8.15. The third kappa shape index (κ3) is 4.71. The lowest BCUT2D eigenvalue weighted by Crippen LogP contribution is -2.15. The van der Waals surface area contributed by atoms with E-state index in [-0.39, 0.29) is 10.8 Å². The highest BCUT2D eigenvalue weighted by Gasteiger charge is 2.21. The van der Waals surface area contributed by atoms with E-state index >= 15 is 0 Å². The first-order valence-corrected chi connectivity index (χ1v) is 9.62. The van der Waals surface area contributed by atoms with Crippen LogP contribution in [-0.2, 0) is 10.0 Å². The molecule has 130 valence electrons. The first-order valence-electron chi connectivity index (χ1n) is 8.13. The average molecular weight is 348 g/mol. The average Bonchev–Trinajstić information content (AvgIpc) is 2.55. The Morgan fingerprint density at radius 3 is 2.67 bits per heavy atom. The second-order valence-electron chi connectivity index (χ2n) is 5.91. The number of pyridine rings is 1. The molecular formula is C18H24N2O3S. The van der Waals surface area contributed by atoms with Gasteiger partial charge in [0.15, 0.2) is 0 Å². The van der Waals surface area contributed by atoms with Gasteiger partial charge in [-0.3, -0.25) is 9.71 Å². The first-order chi connectivity index (χ1) is 11.4. The van der Waals surface area contributed by atoms with Crippen LogP contribution in [0.3, 0.4) is 0 Å². The Morgan fingerprint density at radius 2 is 2.04 bits per heavy atom. The highest BCUT2D eigenvalue weighted by Crippen LogP contribution is 2.29. The largest absolute Gasteiger partial charge is 0.492 e. The van der Waals surface area contributed by atoms with Crippen molar-refractivity contribution < 1.29 is 13.2 Å². The molecule has 2 rings (SSSR count). The Balaban J connectivity index is 2.38. The van der Waals surface area contributed by atoms with Crippen LogP contribution in [0.15, 0.2) is 47.6 Å². The number of nitrogens with zero attached hydrogens (tertiary/aromatic N) is 1. The van der Waals surface area contributed by atoms with Crippen molar-refractivity contribution in [3.05, 3.63) is 48.3 Å².